The Morgan fingerprint density at radius 2 is 1.67 bits per heavy atom. The summed E-state index contributed by atoms with van der Waals surface area (Å²) in [5, 5.41) is 10.1. The number of benzene rings is 1. The van der Waals surface area contributed by atoms with Crippen LogP contribution in [0, 0.1) is 0 Å². The smallest absolute Gasteiger partial charge is 0.119 e. The van der Waals surface area contributed by atoms with E-state index in [4.69, 9.17) is 4.74 Å². The minimum atomic E-state index is -0.427. The van der Waals surface area contributed by atoms with Gasteiger partial charge >= 0.3 is 0 Å². The summed E-state index contributed by atoms with van der Waals surface area (Å²) < 4.78 is 5.66. The van der Waals surface area contributed by atoms with Crippen molar-refractivity contribution in [3.63, 3.8) is 0 Å². The fraction of sp³-hybridized carbons (Fsp3) is 0.647. The molecule has 118 valence electrons. The minimum absolute atomic E-state index is 0.361. The van der Waals surface area contributed by atoms with E-state index in [1.165, 1.54) is 5.56 Å². The first-order chi connectivity index (χ1) is 10.2. The van der Waals surface area contributed by atoms with Crippen molar-refractivity contribution in [2.45, 2.75) is 26.4 Å². The van der Waals surface area contributed by atoms with Gasteiger partial charge < -0.3 is 14.7 Å². The average molecular weight is 292 g/mol. The second kappa shape index (κ2) is 8.37. The van der Waals surface area contributed by atoms with Crippen LogP contribution < -0.4 is 4.74 Å². The molecule has 2 rings (SSSR count). The summed E-state index contributed by atoms with van der Waals surface area (Å²) in [6.07, 6.45) is 0.608. The predicted octanol–water partition coefficient (Wildman–Crippen LogP) is 1.63. The summed E-state index contributed by atoms with van der Waals surface area (Å²) in [7, 11) is 0. The number of hydrogen-bond donors (Lipinski definition) is 1. The van der Waals surface area contributed by atoms with Gasteiger partial charge in [0.2, 0.25) is 0 Å². The molecule has 0 bridgehead atoms. The van der Waals surface area contributed by atoms with Crippen LogP contribution in [0.3, 0.4) is 0 Å². The number of rotatable bonds is 7. The Morgan fingerprint density at radius 1 is 1.05 bits per heavy atom. The normalized spacial score (nSPS) is 18.6. The maximum Gasteiger partial charge on any atom is 0.119 e. The number of piperazine rings is 1. The first-order valence-corrected chi connectivity index (χ1v) is 8.05. The quantitative estimate of drug-likeness (QED) is 0.828. The number of aryl methyl sites for hydroxylation is 1. The number of ether oxygens (including phenoxy) is 1. The molecule has 1 aromatic rings. The molecule has 1 atom stereocenters. The molecule has 1 N–H and O–H groups in total. The molecular weight excluding hydrogens is 264 g/mol. The molecule has 1 aromatic carbocycles. The van der Waals surface area contributed by atoms with Crippen molar-refractivity contribution in [3.8, 4) is 5.75 Å². The van der Waals surface area contributed by atoms with Crippen LogP contribution in [0.25, 0.3) is 0 Å². The van der Waals surface area contributed by atoms with Gasteiger partial charge in [-0.15, -0.1) is 0 Å². The van der Waals surface area contributed by atoms with Crippen LogP contribution in [0.5, 0.6) is 5.75 Å². The number of aliphatic hydroxyl groups excluding tert-OH is 1. The standard InChI is InChI=1S/C17H28N2O2/c1-3-15-5-7-17(8-6-15)21-14-16(20)13-19-11-9-18(4-2)10-12-19/h5-8,16,20H,3-4,9-14H2,1-2H3/t16-/m1/s1. The maximum absolute atomic E-state index is 10.1. The van der Waals surface area contributed by atoms with Gasteiger partial charge in [-0.1, -0.05) is 26.0 Å². The third-order valence-electron chi connectivity index (χ3n) is 4.16. The molecule has 1 heterocycles. The first-order valence-electron chi connectivity index (χ1n) is 8.05. The van der Waals surface area contributed by atoms with E-state index in [1.54, 1.807) is 0 Å². The number of hydrogen-bond acceptors (Lipinski definition) is 4. The second-order valence-electron chi connectivity index (χ2n) is 5.70. The molecule has 0 aliphatic carbocycles. The molecule has 0 saturated carbocycles. The van der Waals surface area contributed by atoms with Gasteiger partial charge in [-0.05, 0) is 30.7 Å². The Morgan fingerprint density at radius 3 is 2.24 bits per heavy atom. The molecule has 1 aliphatic heterocycles. The van der Waals surface area contributed by atoms with Gasteiger partial charge in [-0.2, -0.15) is 0 Å². The van der Waals surface area contributed by atoms with Crippen molar-refractivity contribution >= 4 is 0 Å². The molecule has 0 radical (unpaired) electrons. The van der Waals surface area contributed by atoms with Crippen molar-refractivity contribution in [2.75, 3.05) is 45.9 Å². The van der Waals surface area contributed by atoms with Crippen molar-refractivity contribution in [3.05, 3.63) is 29.8 Å². The highest BCUT2D eigenvalue weighted by Crippen LogP contribution is 2.13. The number of β-amino-alcohol motifs (C(OH)–C–C–N with tert-alkyl or cyclic N) is 1. The Balaban J connectivity index is 1.68. The summed E-state index contributed by atoms with van der Waals surface area (Å²) >= 11 is 0. The van der Waals surface area contributed by atoms with Crippen LogP contribution in [-0.4, -0.2) is 66.9 Å². The predicted molar refractivity (Wildman–Crippen MR) is 85.9 cm³/mol. The molecular formula is C17H28N2O2. The first kappa shape index (κ1) is 16.3. The van der Waals surface area contributed by atoms with E-state index >= 15 is 0 Å². The van der Waals surface area contributed by atoms with Gasteiger partial charge in [0, 0.05) is 32.7 Å². The highest BCUT2D eigenvalue weighted by molar-refractivity contribution is 5.27. The summed E-state index contributed by atoms with van der Waals surface area (Å²) in [5.74, 6) is 0.835. The summed E-state index contributed by atoms with van der Waals surface area (Å²) in [4.78, 5) is 4.76. The maximum atomic E-state index is 10.1. The molecule has 0 aromatic heterocycles. The van der Waals surface area contributed by atoms with Gasteiger partial charge in [0.1, 0.15) is 18.5 Å². The van der Waals surface area contributed by atoms with Crippen molar-refractivity contribution in [1.82, 2.24) is 9.80 Å². The summed E-state index contributed by atoms with van der Waals surface area (Å²) in [5.41, 5.74) is 1.30. The van der Waals surface area contributed by atoms with Crippen molar-refractivity contribution < 1.29 is 9.84 Å². The van der Waals surface area contributed by atoms with Gasteiger partial charge in [-0.25, -0.2) is 0 Å². The number of likely N-dealkylation sites (N-methyl/N-ethyl adjacent to an activating group) is 1. The lowest BCUT2D eigenvalue weighted by molar-refractivity contribution is 0.0471. The zero-order chi connectivity index (χ0) is 15.1. The van der Waals surface area contributed by atoms with Crippen molar-refractivity contribution in [2.24, 2.45) is 0 Å². The third-order valence-corrected chi connectivity index (χ3v) is 4.16. The molecule has 1 saturated heterocycles. The molecule has 0 amide bonds. The number of aliphatic hydroxyl groups is 1. The van der Waals surface area contributed by atoms with Gasteiger partial charge in [0.05, 0.1) is 0 Å². The SMILES string of the molecule is CCc1ccc(OC[C@H](O)CN2CCN(CC)CC2)cc1. The van der Waals surface area contributed by atoms with Crippen LogP contribution in [-0.2, 0) is 6.42 Å². The highest BCUT2D eigenvalue weighted by Gasteiger charge is 2.18. The second-order valence-corrected chi connectivity index (χ2v) is 5.70. The molecule has 0 unspecified atom stereocenters. The van der Waals surface area contributed by atoms with E-state index in [0.717, 1.165) is 44.9 Å². The van der Waals surface area contributed by atoms with Crippen LogP contribution in [0.4, 0.5) is 0 Å². The zero-order valence-corrected chi connectivity index (χ0v) is 13.3. The zero-order valence-electron chi connectivity index (χ0n) is 13.3. The van der Waals surface area contributed by atoms with Crippen LogP contribution in [0.1, 0.15) is 19.4 Å². The molecule has 1 fully saturated rings. The van der Waals surface area contributed by atoms with Crippen LogP contribution in [0.15, 0.2) is 24.3 Å². The lowest BCUT2D eigenvalue weighted by Crippen LogP contribution is -2.49. The molecule has 4 nitrogen and oxygen atoms in total. The molecule has 21 heavy (non-hydrogen) atoms. The van der Waals surface area contributed by atoms with Crippen LogP contribution >= 0.6 is 0 Å². The lowest BCUT2D eigenvalue weighted by Gasteiger charge is -2.34. The fourth-order valence-electron chi connectivity index (χ4n) is 2.65. The topological polar surface area (TPSA) is 35.9 Å². The fourth-order valence-corrected chi connectivity index (χ4v) is 2.65. The third kappa shape index (κ3) is 5.30. The van der Waals surface area contributed by atoms with E-state index in [-0.39, 0.29) is 0 Å². The summed E-state index contributed by atoms with van der Waals surface area (Å²) in [6.45, 7) is 10.8. The molecule has 1 aliphatic rings. The van der Waals surface area contributed by atoms with E-state index in [0.29, 0.717) is 13.2 Å². The van der Waals surface area contributed by atoms with Gasteiger partial charge in [-0.3, -0.25) is 4.90 Å². The minimum Gasteiger partial charge on any atom is -0.491 e. The molecule has 4 heteroatoms. The van der Waals surface area contributed by atoms with E-state index < -0.39 is 6.10 Å². The van der Waals surface area contributed by atoms with E-state index in [9.17, 15) is 5.11 Å². The van der Waals surface area contributed by atoms with Gasteiger partial charge in [0.25, 0.3) is 0 Å². The monoisotopic (exact) mass is 292 g/mol. The lowest BCUT2D eigenvalue weighted by atomic mass is 10.2. The Kier molecular flexibility index (Phi) is 6.49. The molecule has 0 spiro atoms. The van der Waals surface area contributed by atoms with Crippen molar-refractivity contribution in [1.29, 1.82) is 0 Å². The van der Waals surface area contributed by atoms with Crippen LogP contribution in [0.2, 0.25) is 0 Å². The Bertz CT molecular complexity index is 400. The highest BCUT2D eigenvalue weighted by atomic mass is 16.5. The Labute approximate surface area is 128 Å². The van der Waals surface area contributed by atoms with E-state index in [2.05, 4.69) is 35.8 Å². The summed E-state index contributed by atoms with van der Waals surface area (Å²) in [6, 6.07) is 8.11. The average Bonchev–Trinajstić information content (AvgIpc) is 2.54. The van der Waals surface area contributed by atoms with Gasteiger partial charge in [0.15, 0.2) is 0 Å². The van der Waals surface area contributed by atoms with E-state index in [1.807, 2.05) is 12.1 Å². The Hall–Kier alpha value is -1.10. The largest absolute Gasteiger partial charge is 0.491 e. The number of nitrogens with zero attached hydrogens (tertiary/aromatic N) is 2.